The molecule has 132 valence electrons. The van der Waals surface area contributed by atoms with E-state index in [1.165, 1.54) is 34.2 Å². The van der Waals surface area contributed by atoms with E-state index in [0.717, 1.165) is 24.2 Å². The molecule has 0 fully saturated rings. The van der Waals surface area contributed by atoms with E-state index in [-0.39, 0.29) is 11.2 Å². The van der Waals surface area contributed by atoms with E-state index in [2.05, 4.69) is 22.3 Å². The second-order valence-electron chi connectivity index (χ2n) is 6.10. The van der Waals surface area contributed by atoms with Crippen LogP contribution in [0.15, 0.2) is 52.9 Å². The number of amides is 1. The molecule has 2 heterocycles. The third-order valence-corrected chi connectivity index (χ3v) is 6.32. The van der Waals surface area contributed by atoms with E-state index in [0.29, 0.717) is 9.47 Å². The molecule has 0 spiro atoms. The maximum Gasteiger partial charge on any atom is 0.244 e. The summed E-state index contributed by atoms with van der Waals surface area (Å²) in [5.41, 5.74) is 9.96. The van der Waals surface area contributed by atoms with Crippen LogP contribution in [0.25, 0.3) is 0 Å². The normalized spacial score (nSPS) is 14.3. The third kappa shape index (κ3) is 3.20. The molecule has 1 aromatic heterocycles. The first-order chi connectivity index (χ1) is 12.6. The number of anilines is 3. The van der Waals surface area contributed by atoms with Crippen LogP contribution in [0.3, 0.4) is 0 Å². The lowest BCUT2D eigenvalue weighted by molar-refractivity contribution is -0.117. The van der Waals surface area contributed by atoms with Crippen LogP contribution >= 0.6 is 23.1 Å². The minimum absolute atomic E-state index is 0.0329. The smallest absolute Gasteiger partial charge is 0.244 e. The van der Waals surface area contributed by atoms with Crippen molar-refractivity contribution in [2.75, 3.05) is 10.6 Å². The Hall–Kier alpha value is -2.38. The summed E-state index contributed by atoms with van der Waals surface area (Å²) < 4.78 is 0.708. The number of aromatic nitrogens is 2. The zero-order valence-corrected chi connectivity index (χ0v) is 15.9. The highest BCUT2D eigenvalue weighted by atomic mass is 32.2. The Morgan fingerprint density at radius 1 is 1.08 bits per heavy atom. The van der Waals surface area contributed by atoms with Gasteiger partial charge < -0.3 is 5.73 Å². The molecule has 3 aromatic rings. The van der Waals surface area contributed by atoms with Gasteiger partial charge in [-0.2, -0.15) is 0 Å². The van der Waals surface area contributed by atoms with Gasteiger partial charge in [0.15, 0.2) is 4.34 Å². The molecule has 1 unspecified atom stereocenters. The molecule has 5 nitrogen and oxygen atoms in total. The highest BCUT2D eigenvalue weighted by molar-refractivity contribution is 8.02. The van der Waals surface area contributed by atoms with Crippen molar-refractivity contribution in [3.05, 3.63) is 59.7 Å². The maximum absolute atomic E-state index is 13.4. The maximum atomic E-state index is 13.4. The van der Waals surface area contributed by atoms with E-state index in [1.807, 2.05) is 48.2 Å². The van der Waals surface area contributed by atoms with Crippen molar-refractivity contribution >= 4 is 45.5 Å². The predicted molar refractivity (Wildman–Crippen MR) is 107 cm³/mol. The molecule has 7 heteroatoms. The first-order valence-corrected chi connectivity index (χ1v) is 10.1. The first-order valence-electron chi connectivity index (χ1n) is 8.39. The number of benzene rings is 2. The van der Waals surface area contributed by atoms with Gasteiger partial charge in [0.2, 0.25) is 11.0 Å². The second-order valence-corrected chi connectivity index (χ2v) is 8.69. The molecule has 2 N–H and O–H groups in total. The van der Waals surface area contributed by atoms with Crippen LogP contribution in [-0.4, -0.2) is 21.4 Å². The monoisotopic (exact) mass is 382 g/mol. The van der Waals surface area contributed by atoms with Crippen LogP contribution in [0.4, 0.5) is 16.5 Å². The van der Waals surface area contributed by atoms with Gasteiger partial charge in [-0.25, -0.2) is 0 Å². The number of fused-ring (bicyclic) bond motifs is 2. The van der Waals surface area contributed by atoms with Crippen molar-refractivity contribution in [3.8, 4) is 0 Å². The largest absolute Gasteiger partial charge is 0.374 e. The van der Waals surface area contributed by atoms with Gasteiger partial charge in [0.05, 0.1) is 16.6 Å². The topological polar surface area (TPSA) is 72.1 Å². The first kappa shape index (κ1) is 17.1. The van der Waals surface area contributed by atoms with E-state index >= 15 is 0 Å². The average Bonchev–Trinajstić information content (AvgIpc) is 2.98. The number of rotatable bonds is 3. The lowest BCUT2D eigenvalue weighted by atomic mass is 10.0. The number of carbonyl (C=O) groups is 1. The number of nitrogens with zero attached hydrogens (tertiary/aromatic N) is 3. The Morgan fingerprint density at radius 2 is 1.65 bits per heavy atom. The van der Waals surface area contributed by atoms with Gasteiger partial charge in [-0.1, -0.05) is 59.5 Å². The van der Waals surface area contributed by atoms with Crippen LogP contribution in [0.1, 0.15) is 18.1 Å². The van der Waals surface area contributed by atoms with Crippen LogP contribution in [0.5, 0.6) is 0 Å². The Balaban J connectivity index is 1.73. The molecule has 0 bridgehead atoms. The van der Waals surface area contributed by atoms with E-state index in [4.69, 9.17) is 5.73 Å². The van der Waals surface area contributed by atoms with Crippen molar-refractivity contribution in [1.29, 1.82) is 0 Å². The molecule has 1 aliphatic rings. The summed E-state index contributed by atoms with van der Waals surface area (Å²) in [4.78, 5) is 15.3. The molecule has 0 saturated carbocycles. The molecule has 26 heavy (non-hydrogen) atoms. The average molecular weight is 383 g/mol. The molecule has 0 aliphatic carbocycles. The van der Waals surface area contributed by atoms with Gasteiger partial charge in [-0.3, -0.25) is 9.69 Å². The van der Waals surface area contributed by atoms with Crippen LogP contribution in [0.2, 0.25) is 0 Å². The van der Waals surface area contributed by atoms with Gasteiger partial charge in [0.25, 0.3) is 0 Å². The number of aryl methyl sites for hydroxylation is 2. The van der Waals surface area contributed by atoms with Crippen molar-refractivity contribution < 1.29 is 4.79 Å². The minimum Gasteiger partial charge on any atom is -0.374 e. The Bertz CT molecular complexity index is 908. The minimum atomic E-state index is -0.304. The number of hydrogen-bond acceptors (Lipinski definition) is 6. The number of carbonyl (C=O) groups excluding carboxylic acids is 1. The Labute approximate surface area is 160 Å². The summed E-state index contributed by atoms with van der Waals surface area (Å²) in [6.45, 7) is 1.90. The number of para-hydroxylation sites is 2. The number of hydrogen-bond donors (Lipinski definition) is 1. The number of nitrogen functional groups attached to an aromatic ring is 1. The zero-order chi connectivity index (χ0) is 18.1. The Morgan fingerprint density at radius 3 is 2.19 bits per heavy atom. The summed E-state index contributed by atoms with van der Waals surface area (Å²) in [5.74, 6) is 0.0329. The van der Waals surface area contributed by atoms with Gasteiger partial charge in [0, 0.05) is 0 Å². The number of nitrogens with two attached hydrogens (primary N) is 1. The molecular weight excluding hydrogens is 364 g/mol. The summed E-state index contributed by atoms with van der Waals surface area (Å²) in [6.07, 6.45) is 1.84. The van der Waals surface area contributed by atoms with Gasteiger partial charge >= 0.3 is 0 Å². The van der Waals surface area contributed by atoms with Crippen LogP contribution < -0.4 is 10.6 Å². The van der Waals surface area contributed by atoms with Crippen LogP contribution in [0, 0.1) is 0 Å². The van der Waals surface area contributed by atoms with Crippen molar-refractivity contribution in [3.63, 3.8) is 0 Å². The zero-order valence-electron chi connectivity index (χ0n) is 14.3. The molecule has 0 radical (unpaired) electrons. The van der Waals surface area contributed by atoms with Crippen molar-refractivity contribution in [2.45, 2.75) is 29.4 Å². The fraction of sp³-hybridized carbons (Fsp3) is 0.211. The molecule has 2 aromatic carbocycles. The summed E-state index contributed by atoms with van der Waals surface area (Å²) in [7, 11) is 0. The summed E-state index contributed by atoms with van der Waals surface area (Å²) in [6, 6.07) is 16.3. The van der Waals surface area contributed by atoms with Gasteiger partial charge in [0.1, 0.15) is 0 Å². The molecule has 1 aliphatic heterocycles. The molecule has 0 saturated heterocycles. The molecule has 1 atom stereocenters. The fourth-order valence-corrected chi connectivity index (χ4v) is 4.99. The van der Waals surface area contributed by atoms with E-state index in [1.54, 1.807) is 0 Å². The highest BCUT2D eigenvalue weighted by Gasteiger charge is 2.29. The van der Waals surface area contributed by atoms with Crippen molar-refractivity contribution in [2.24, 2.45) is 0 Å². The molecular formula is C19H18N4OS2. The van der Waals surface area contributed by atoms with Gasteiger partial charge in [-0.05, 0) is 43.0 Å². The lowest BCUT2D eigenvalue weighted by Gasteiger charge is -2.27. The number of thioether (sulfide) groups is 1. The van der Waals surface area contributed by atoms with E-state index in [9.17, 15) is 4.79 Å². The van der Waals surface area contributed by atoms with Gasteiger partial charge in [-0.15, -0.1) is 10.2 Å². The highest BCUT2D eigenvalue weighted by Crippen LogP contribution is 2.38. The second kappa shape index (κ2) is 7.09. The summed E-state index contributed by atoms with van der Waals surface area (Å²) >= 11 is 2.70. The van der Waals surface area contributed by atoms with E-state index < -0.39 is 0 Å². The Kier molecular flexibility index (Phi) is 4.65. The van der Waals surface area contributed by atoms with Crippen LogP contribution in [-0.2, 0) is 17.6 Å². The molecule has 4 rings (SSSR count). The third-order valence-electron chi connectivity index (χ3n) is 4.40. The van der Waals surface area contributed by atoms with Crippen molar-refractivity contribution in [1.82, 2.24) is 10.2 Å². The standard InChI is InChI=1S/C19H18N4OS2/c1-12(25-19-22-21-18(20)26-19)17(24)23-15-8-4-2-6-13(15)10-11-14-7-3-5-9-16(14)23/h2-9,12H,10-11H2,1H3,(H2,20,21). The molecule has 1 amide bonds. The summed E-state index contributed by atoms with van der Waals surface area (Å²) in [5, 5.41) is 7.97. The quantitative estimate of drug-likeness (QED) is 0.692. The SMILES string of the molecule is CC(Sc1nnc(N)s1)C(=O)N1c2ccccc2CCc2ccccc21. The predicted octanol–water partition coefficient (Wildman–Crippen LogP) is 4.06. The lowest BCUT2D eigenvalue weighted by Crippen LogP contribution is -2.33. The fourth-order valence-electron chi connectivity index (χ4n) is 3.17.